The molecule has 3 fully saturated rings. The zero-order valence-corrected chi connectivity index (χ0v) is 16.0. The average Bonchev–Trinajstić information content (AvgIpc) is 3.21. The van der Waals surface area contributed by atoms with Gasteiger partial charge in [-0.2, -0.15) is 0 Å². The molecule has 24 heavy (non-hydrogen) atoms. The van der Waals surface area contributed by atoms with Crippen LogP contribution in [0.25, 0.3) is 0 Å². The quantitative estimate of drug-likeness (QED) is 0.475. The smallest absolute Gasteiger partial charge is 0.193 e. The van der Waals surface area contributed by atoms with Gasteiger partial charge in [0.25, 0.3) is 0 Å². The van der Waals surface area contributed by atoms with Crippen LogP contribution >= 0.6 is 0 Å². The van der Waals surface area contributed by atoms with Crippen LogP contribution in [0.1, 0.15) is 64.7 Å². The number of piperidine rings is 1. The number of aliphatic imine (C=N–C) groups is 1. The first kappa shape index (κ1) is 18.0. The van der Waals surface area contributed by atoms with Crippen LogP contribution in [-0.4, -0.2) is 62.1 Å². The van der Waals surface area contributed by atoms with Crippen LogP contribution in [0.3, 0.4) is 0 Å². The van der Waals surface area contributed by atoms with E-state index in [4.69, 9.17) is 0 Å². The third-order valence-corrected chi connectivity index (χ3v) is 6.54. The molecule has 0 aromatic heterocycles. The van der Waals surface area contributed by atoms with E-state index in [1.807, 2.05) is 7.05 Å². The van der Waals surface area contributed by atoms with Crippen molar-refractivity contribution in [1.29, 1.82) is 0 Å². The molecule has 138 valence electrons. The molecule has 0 aromatic carbocycles. The molecule has 3 rings (SSSR count). The lowest BCUT2D eigenvalue weighted by Crippen LogP contribution is -2.41. The Bertz CT molecular complexity index is 414. The lowest BCUT2D eigenvalue weighted by Gasteiger charge is -2.30. The van der Waals surface area contributed by atoms with Crippen molar-refractivity contribution in [2.75, 3.05) is 46.3 Å². The molecule has 1 unspecified atom stereocenters. The number of hydrogen-bond donors (Lipinski definition) is 1. The van der Waals surface area contributed by atoms with Crippen LogP contribution in [0, 0.1) is 11.3 Å². The Balaban J connectivity index is 1.32. The van der Waals surface area contributed by atoms with E-state index in [1.54, 1.807) is 0 Å². The summed E-state index contributed by atoms with van der Waals surface area (Å²) < 4.78 is 0. The number of rotatable bonds is 5. The summed E-state index contributed by atoms with van der Waals surface area (Å²) in [5, 5.41) is 3.62. The molecule has 0 aromatic rings. The molecule has 3 aliphatic rings. The van der Waals surface area contributed by atoms with E-state index in [0.29, 0.717) is 5.41 Å². The first-order valence-corrected chi connectivity index (χ1v) is 10.4. The monoisotopic (exact) mass is 334 g/mol. The van der Waals surface area contributed by atoms with E-state index in [0.717, 1.165) is 18.4 Å². The summed E-state index contributed by atoms with van der Waals surface area (Å²) in [7, 11) is 1.94. The number of likely N-dealkylation sites (tertiary alicyclic amines) is 2. The van der Waals surface area contributed by atoms with E-state index in [1.165, 1.54) is 90.5 Å². The highest BCUT2D eigenvalue weighted by atomic mass is 15.3. The zero-order valence-electron chi connectivity index (χ0n) is 16.0. The molecule has 2 heterocycles. The Morgan fingerprint density at radius 1 is 1.12 bits per heavy atom. The standard InChI is InChI=1S/C20H38N4/c1-18-8-7-14-23(16-18)13-6-5-12-22-19(21-2)24-15-11-20(17-24)9-3-4-10-20/h18H,3-17H2,1-2H3,(H,21,22). The SMILES string of the molecule is CN=C(NCCCCN1CCCC(C)C1)N1CCC2(CCCC2)C1. The first-order valence-electron chi connectivity index (χ1n) is 10.4. The van der Waals surface area contributed by atoms with Gasteiger partial charge in [-0.15, -0.1) is 0 Å². The second kappa shape index (κ2) is 8.55. The average molecular weight is 335 g/mol. The van der Waals surface area contributed by atoms with Gasteiger partial charge in [0.2, 0.25) is 0 Å². The Hall–Kier alpha value is -0.770. The van der Waals surface area contributed by atoms with Gasteiger partial charge in [-0.25, -0.2) is 0 Å². The highest BCUT2D eigenvalue weighted by molar-refractivity contribution is 5.80. The van der Waals surface area contributed by atoms with Gasteiger partial charge >= 0.3 is 0 Å². The lowest BCUT2D eigenvalue weighted by atomic mass is 9.86. The maximum absolute atomic E-state index is 4.54. The summed E-state index contributed by atoms with van der Waals surface area (Å²) in [5.41, 5.74) is 0.628. The lowest BCUT2D eigenvalue weighted by molar-refractivity contribution is 0.181. The summed E-state index contributed by atoms with van der Waals surface area (Å²) in [6, 6.07) is 0. The zero-order chi connectivity index (χ0) is 16.8. The maximum Gasteiger partial charge on any atom is 0.193 e. The molecule has 2 aliphatic heterocycles. The number of guanidine groups is 1. The van der Waals surface area contributed by atoms with E-state index in [-0.39, 0.29) is 0 Å². The van der Waals surface area contributed by atoms with Gasteiger partial charge in [-0.3, -0.25) is 4.99 Å². The number of unbranched alkanes of at least 4 members (excludes halogenated alkanes) is 1. The van der Waals surface area contributed by atoms with Crippen molar-refractivity contribution in [3.63, 3.8) is 0 Å². The fraction of sp³-hybridized carbons (Fsp3) is 0.950. The van der Waals surface area contributed by atoms with Gasteiger partial charge in [0.1, 0.15) is 0 Å². The van der Waals surface area contributed by atoms with Crippen molar-refractivity contribution in [2.24, 2.45) is 16.3 Å². The molecule has 0 amide bonds. The summed E-state index contributed by atoms with van der Waals surface area (Å²) >= 11 is 0. The summed E-state index contributed by atoms with van der Waals surface area (Å²) in [4.78, 5) is 9.71. The molecular formula is C20H38N4. The molecule has 1 saturated carbocycles. The van der Waals surface area contributed by atoms with Gasteiger partial charge < -0.3 is 15.1 Å². The minimum atomic E-state index is 0.628. The van der Waals surface area contributed by atoms with Crippen LogP contribution in [0.2, 0.25) is 0 Å². The van der Waals surface area contributed by atoms with Crippen molar-refractivity contribution < 1.29 is 0 Å². The Morgan fingerprint density at radius 2 is 1.96 bits per heavy atom. The fourth-order valence-corrected chi connectivity index (χ4v) is 5.13. The Kier molecular flexibility index (Phi) is 6.43. The van der Waals surface area contributed by atoms with Crippen LogP contribution < -0.4 is 5.32 Å². The Labute approximate surface area is 149 Å². The van der Waals surface area contributed by atoms with Crippen molar-refractivity contribution in [3.05, 3.63) is 0 Å². The van der Waals surface area contributed by atoms with Crippen LogP contribution in [0.4, 0.5) is 0 Å². The van der Waals surface area contributed by atoms with Gasteiger partial charge in [0.15, 0.2) is 5.96 Å². The van der Waals surface area contributed by atoms with Crippen LogP contribution in [-0.2, 0) is 0 Å². The van der Waals surface area contributed by atoms with Crippen molar-refractivity contribution >= 4 is 5.96 Å². The highest BCUT2D eigenvalue weighted by Crippen LogP contribution is 2.45. The molecule has 2 saturated heterocycles. The molecule has 4 heteroatoms. The highest BCUT2D eigenvalue weighted by Gasteiger charge is 2.40. The number of nitrogens with zero attached hydrogens (tertiary/aromatic N) is 3. The third kappa shape index (κ3) is 4.65. The molecule has 0 radical (unpaired) electrons. The third-order valence-electron chi connectivity index (χ3n) is 6.54. The predicted octanol–water partition coefficient (Wildman–Crippen LogP) is 3.34. The van der Waals surface area contributed by atoms with Gasteiger partial charge in [0, 0.05) is 33.2 Å². The maximum atomic E-state index is 4.54. The van der Waals surface area contributed by atoms with Gasteiger partial charge in [-0.05, 0) is 69.4 Å². The number of nitrogens with one attached hydrogen (secondary N) is 1. The molecule has 1 spiro atoms. The second-order valence-corrected chi connectivity index (χ2v) is 8.61. The molecule has 1 aliphatic carbocycles. The molecular weight excluding hydrogens is 296 g/mol. The van der Waals surface area contributed by atoms with Crippen LogP contribution in [0.15, 0.2) is 4.99 Å². The van der Waals surface area contributed by atoms with Gasteiger partial charge in [0.05, 0.1) is 0 Å². The topological polar surface area (TPSA) is 30.9 Å². The molecule has 1 atom stereocenters. The van der Waals surface area contributed by atoms with Crippen molar-refractivity contribution in [2.45, 2.75) is 64.7 Å². The van der Waals surface area contributed by atoms with Crippen molar-refractivity contribution in [1.82, 2.24) is 15.1 Å². The number of hydrogen-bond acceptors (Lipinski definition) is 2. The minimum Gasteiger partial charge on any atom is -0.356 e. The molecule has 4 nitrogen and oxygen atoms in total. The van der Waals surface area contributed by atoms with Crippen molar-refractivity contribution in [3.8, 4) is 0 Å². The van der Waals surface area contributed by atoms with E-state index in [9.17, 15) is 0 Å². The van der Waals surface area contributed by atoms with E-state index >= 15 is 0 Å². The predicted molar refractivity (Wildman–Crippen MR) is 103 cm³/mol. The molecule has 1 N–H and O–H groups in total. The van der Waals surface area contributed by atoms with Crippen LogP contribution in [0.5, 0.6) is 0 Å². The first-order chi connectivity index (χ1) is 11.7. The minimum absolute atomic E-state index is 0.628. The fourth-order valence-electron chi connectivity index (χ4n) is 5.13. The normalized spacial score (nSPS) is 28.0. The summed E-state index contributed by atoms with van der Waals surface area (Å²) in [6.45, 7) is 9.80. The molecule has 0 bridgehead atoms. The van der Waals surface area contributed by atoms with E-state index < -0.39 is 0 Å². The van der Waals surface area contributed by atoms with E-state index in [2.05, 4.69) is 27.0 Å². The summed E-state index contributed by atoms with van der Waals surface area (Å²) in [5.74, 6) is 2.04. The summed E-state index contributed by atoms with van der Waals surface area (Å²) in [6.07, 6.45) is 12.5. The Morgan fingerprint density at radius 3 is 2.71 bits per heavy atom. The van der Waals surface area contributed by atoms with Gasteiger partial charge in [-0.1, -0.05) is 19.8 Å². The largest absolute Gasteiger partial charge is 0.356 e. The second-order valence-electron chi connectivity index (χ2n) is 8.61.